The van der Waals surface area contributed by atoms with Crippen LogP contribution in [0.1, 0.15) is 0 Å². The van der Waals surface area contributed by atoms with Gasteiger partial charge in [-0.25, -0.2) is 4.98 Å². The molecule has 0 aliphatic rings. The highest BCUT2D eigenvalue weighted by Crippen LogP contribution is 2.26. The molecule has 1 aromatic heterocycles. The van der Waals surface area contributed by atoms with Crippen LogP contribution in [0.2, 0.25) is 5.02 Å². The van der Waals surface area contributed by atoms with Gasteiger partial charge in [-0.15, -0.1) is 5.10 Å². The second-order valence-corrected chi connectivity index (χ2v) is 7.16. The molecule has 0 saturated carbocycles. The minimum Gasteiger partial charge on any atom is -0.325 e. The molecule has 0 bridgehead atoms. The zero-order chi connectivity index (χ0) is 18.6. The lowest BCUT2D eigenvalue weighted by Gasteiger charge is -2.08. The molecule has 1 amide bonds. The fourth-order valence-electron chi connectivity index (χ4n) is 2.74. The lowest BCUT2D eigenvalue weighted by atomic mass is 10.1. The van der Waals surface area contributed by atoms with E-state index >= 15 is 0 Å². The molecule has 7 heteroatoms. The topological polar surface area (TPSA) is 70.7 Å². The number of aromatic nitrogens is 3. The van der Waals surface area contributed by atoms with Gasteiger partial charge in [0, 0.05) is 16.6 Å². The smallest absolute Gasteiger partial charge is 0.234 e. The summed E-state index contributed by atoms with van der Waals surface area (Å²) in [5, 5.41) is 13.2. The monoisotopic (exact) mass is 394 g/mol. The van der Waals surface area contributed by atoms with E-state index in [4.69, 9.17) is 11.6 Å². The van der Waals surface area contributed by atoms with E-state index in [1.807, 2.05) is 60.7 Å². The number of thioether (sulfide) groups is 1. The van der Waals surface area contributed by atoms with Gasteiger partial charge in [-0.3, -0.25) is 9.89 Å². The molecule has 0 aliphatic carbocycles. The van der Waals surface area contributed by atoms with Crippen LogP contribution in [0.5, 0.6) is 0 Å². The predicted molar refractivity (Wildman–Crippen MR) is 110 cm³/mol. The van der Waals surface area contributed by atoms with E-state index in [0.717, 1.165) is 22.0 Å². The number of anilines is 1. The predicted octanol–water partition coefficient (Wildman–Crippen LogP) is 5.01. The van der Waals surface area contributed by atoms with Crippen molar-refractivity contribution in [3.63, 3.8) is 0 Å². The van der Waals surface area contributed by atoms with Gasteiger partial charge in [0.25, 0.3) is 0 Å². The van der Waals surface area contributed by atoms with Crippen molar-refractivity contribution in [1.82, 2.24) is 15.2 Å². The summed E-state index contributed by atoms with van der Waals surface area (Å²) in [6, 6.07) is 21.2. The Hall–Kier alpha value is -2.83. The van der Waals surface area contributed by atoms with Crippen molar-refractivity contribution >= 4 is 45.7 Å². The number of nitrogens with zero attached hydrogens (tertiary/aromatic N) is 2. The number of hydrogen-bond donors (Lipinski definition) is 2. The van der Waals surface area contributed by atoms with Gasteiger partial charge in [0.1, 0.15) is 0 Å². The maximum Gasteiger partial charge on any atom is 0.234 e. The van der Waals surface area contributed by atoms with Crippen LogP contribution in [0.15, 0.2) is 71.9 Å². The van der Waals surface area contributed by atoms with Crippen LogP contribution in [0.4, 0.5) is 5.69 Å². The third kappa shape index (κ3) is 3.97. The number of halogens is 1. The molecule has 0 saturated heterocycles. The fourth-order valence-corrected chi connectivity index (χ4v) is 3.56. The van der Waals surface area contributed by atoms with Crippen LogP contribution < -0.4 is 5.32 Å². The first kappa shape index (κ1) is 17.6. The van der Waals surface area contributed by atoms with Gasteiger partial charge in [0.2, 0.25) is 11.1 Å². The normalized spacial score (nSPS) is 10.9. The molecule has 0 fully saturated rings. The molecule has 27 heavy (non-hydrogen) atoms. The Labute approximate surface area is 165 Å². The molecular formula is C20H15ClN4OS. The number of amides is 1. The van der Waals surface area contributed by atoms with Gasteiger partial charge in [0.15, 0.2) is 5.82 Å². The van der Waals surface area contributed by atoms with Crippen LogP contribution in [0, 0.1) is 0 Å². The van der Waals surface area contributed by atoms with E-state index in [-0.39, 0.29) is 11.7 Å². The molecule has 2 N–H and O–H groups in total. The number of fused-ring (bicyclic) bond motifs is 1. The summed E-state index contributed by atoms with van der Waals surface area (Å²) in [5.74, 6) is 0.682. The summed E-state index contributed by atoms with van der Waals surface area (Å²) in [6.45, 7) is 0. The zero-order valence-corrected chi connectivity index (χ0v) is 15.7. The molecule has 0 unspecified atom stereocenters. The summed E-state index contributed by atoms with van der Waals surface area (Å²) in [5.41, 5.74) is 1.57. The number of rotatable bonds is 5. The standard InChI is InChI=1S/C20H15ClN4OS/c21-16-10-4-3-9-15(16)19-23-20(25-24-19)27-12-18(26)22-17-11-5-7-13-6-1-2-8-14(13)17/h1-11H,12H2,(H,22,26)(H,23,24,25). The first-order valence-electron chi connectivity index (χ1n) is 8.28. The molecule has 0 aliphatic heterocycles. The van der Waals surface area contributed by atoms with Crippen LogP contribution in [0.3, 0.4) is 0 Å². The van der Waals surface area contributed by atoms with Gasteiger partial charge >= 0.3 is 0 Å². The van der Waals surface area contributed by atoms with E-state index in [1.165, 1.54) is 11.8 Å². The molecule has 4 rings (SSSR count). The van der Waals surface area contributed by atoms with Gasteiger partial charge in [-0.05, 0) is 23.6 Å². The van der Waals surface area contributed by atoms with Crippen molar-refractivity contribution in [3.05, 3.63) is 71.8 Å². The highest BCUT2D eigenvalue weighted by Gasteiger charge is 2.11. The second kappa shape index (κ2) is 7.82. The zero-order valence-electron chi connectivity index (χ0n) is 14.1. The van der Waals surface area contributed by atoms with E-state index < -0.39 is 0 Å². The quantitative estimate of drug-likeness (QED) is 0.467. The molecule has 0 atom stereocenters. The Bertz CT molecular complexity index is 1110. The summed E-state index contributed by atoms with van der Waals surface area (Å²) in [7, 11) is 0. The van der Waals surface area contributed by atoms with Crippen molar-refractivity contribution in [2.45, 2.75) is 5.16 Å². The number of H-pyrrole nitrogens is 1. The number of aromatic amines is 1. The Morgan fingerprint density at radius 3 is 2.70 bits per heavy atom. The van der Waals surface area contributed by atoms with Crippen molar-refractivity contribution in [2.75, 3.05) is 11.1 Å². The highest BCUT2D eigenvalue weighted by atomic mass is 35.5. The van der Waals surface area contributed by atoms with E-state index in [1.54, 1.807) is 6.07 Å². The molecular weight excluding hydrogens is 380 g/mol. The summed E-state index contributed by atoms with van der Waals surface area (Å²) >= 11 is 7.44. The third-order valence-electron chi connectivity index (χ3n) is 3.99. The first-order chi connectivity index (χ1) is 13.2. The van der Waals surface area contributed by atoms with Crippen molar-refractivity contribution < 1.29 is 4.79 Å². The summed E-state index contributed by atoms with van der Waals surface area (Å²) < 4.78 is 0. The summed E-state index contributed by atoms with van der Waals surface area (Å²) in [6.07, 6.45) is 0. The Balaban J connectivity index is 1.42. The minimum atomic E-state index is -0.111. The van der Waals surface area contributed by atoms with E-state index in [9.17, 15) is 4.79 Å². The fraction of sp³-hybridized carbons (Fsp3) is 0.0500. The van der Waals surface area contributed by atoms with E-state index in [0.29, 0.717) is 16.0 Å². The molecule has 1 heterocycles. The minimum absolute atomic E-state index is 0.111. The molecule has 3 aromatic carbocycles. The van der Waals surface area contributed by atoms with Crippen LogP contribution in [0.25, 0.3) is 22.2 Å². The average Bonchev–Trinajstić information content (AvgIpc) is 3.16. The molecule has 0 radical (unpaired) electrons. The maximum absolute atomic E-state index is 12.3. The number of carbonyl (C=O) groups is 1. The number of carbonyl (C=O) groups excluding carboxylic acids is 1. The second-order valence-electron chi connectivity index (χ2n) is 5.81. The van der Waals surface area contributed by atoms with Crippen LogP contribution in [-0.4, -0.2) is 26.8 Å². The van der Waals surface area contributed by atoms with Gasteiger partial charge in [0.05, 0.1) is 10.8 Å². The Morgan fingerprint density at radius 2 is 1.81 bits per heavy atom. The van der Waals surface area contributed by atoms with Crippen molar-refractivity contribution in [2.24, 2.45) is 0 Å². The van der Waals surface area contributed by atoms with Gasteiger partial charge in [-0.2, -0.15) is 0 Å². The van der Waals surface area contributed by atoms with E-state index in [2.05, 4.69) is 20.5 Å². The largest absolute Gasteiger partial charge is 0.325 e. The molecule has 0 spiro atoms. The molecule has 4 aromatic rings. The number of benzene rings is 3. The van der Waals surface area contributed by atoms with Crippen LogP contribution in [-0.2, 0) is 4.79 Å². The lowest BCUT2D eigenvalue weighted by Crippen LogP contribution is -2.14. The molecule has 134 valence electrons. The number of nitrogens with one attached hydrogen (secondary N) is 2. The average molecular weight is 395 g/mol. The third-order valence-corrected chi connectivity index (χ3v) is 5.17. The molecule has 5 nitrogen and oxygen atoms in total. The summed E-state index contributed by atoms with van der Waals surface area (Å²) in [4.78, 5) is 16.7. The van der Waals surface area contributed by atoms with Crippen molar-refractivity contribution in [1.29, 1.82) is 0 Å². The van der Waals surface area contributed by atoms with Crippen molar-refractivity contribution in [3.8, 4) is 11.4 Å². The first-order valence-corrected chi connectivity index (χ1v) is 9.65. The van der Waals surface area contributed by atoms with Crippen LogP contribution >= 0.6 is 23.4 Å². The highest BCUT2D eigenvalue weighted by molar-refractivity contribution is 7.99. The number of hydrogen-bond acceptors (Lipinski definition) is 4. The Morgan fingerprint density at radius 1 is 1.04 bits per heavy atom. The van der Waals surface area contributed by atoms with Gasteiger partial charge in [-0.1, -0.05) is 71.9 Å². The van der Waals surface area contributed by atoms with Gasteiger partial charge < -0.3 is 5.32 Å². The lowest BCUT2D eigenvalue weighted by molar-refractivity contribution is -0.113. The maximum atomic E-state index is 12.3. The Kier molecular flexibility index (Phi) is 5.09. The SMILES string of the molecule is O=C(CSc1n[nH]c(-c2ccccc2Cl)n1)Nc1cccc2ccccc12.